The van der Waals surface area contributed by atoms with E-state index in [1.165, 1.54) is 0 Å². The molecular weight excluding hydrogens is 154 g/mol. The summed E-state index contributed by atoms with van der Waals surface area (Å²) in [6.07, 6.45) is 2.03. The predicted molar refractivity (Wildman–Crippen MR) is 50.2 cm³/mol. The molecule has 0 aromatic heterocycles. The molecule has 0 fully saturated rings. The number of hydrogen-bond acceptors (Lipinski definition) is 3. The van der Waals surface area contributed by atoms with Crippen LogP contribution in [0.25, 0.3) is 0 Å². The Kier molecular flexibility index (Phi) is 7.45. The van der Waals surface area contributed by atoms with E-state index in [-0.39, 0.29) is 6.29 Å². The van der Waals surface area contributed by atoms with Crippen molar-refractivity contribution in [1.82, 2.24) is 5.32 Å². The van der Waals surface area contributed by atoms with Gasteiger partial charge in [0.15, 0.2) is 6.29 Å². The van der Waals surface area contributed by atoms with E-state index >= 15 is 0 Å². The second-order valence-corrected chi connectivity index (χ2v) is 2.81. The molecule has 74 valence electrons. The summed E-state index contributed by atoms with van der Waals surface area (Å²) in [7, 11) is 3.34. The summed E-state index contributed by atoms with van der Waals surface area (Å²) in [5.41, 5.74) is 0. The number of ether oxygens (including phenoxy) is 2. The van der Waals surface area contributed by atoms with Gasteiger partial charge < -0.3 is 14.8 Å². The molecule has 3 nitrogen and oxygen atoms in total. The van der Waals surface area contributed by atoms with Crippen molar-refractivity contribution >= 4 is 0 Å². The van der Waals surface area contributed by atoms with E-state index < -0.39 is 0 Å². The van der Waals surface area contributed by atoms with Gasteiger partial charge in [-0.2, -0.15) is 0 Å². The molecule has 0 radical (unpaired) electrons. The van der Waals surface area contributed by atoms with Crippen LogP contribution in [0.5, 0.6) is 0 Å². The lowest BCUT2D eigenvalue weighted by Gasteiger charge is -2.24. The Morgan fingerprint density at radius 1 is 1.17 bits per heavy atom. The van der Waals surface area contributed by atoms with Crippen LogP contribution in [0.4, 0.5) is 0 Å². The number of hydrogen-bond donors (Lipinski definition) is 1. The first kappa shape index (κ1) is 11.9. The smallest absolute Gasteiger partial charge is 0.171 e. The van der Waals surface area contributed by atoms with Crippen LogP contribution in [0, 0.1) is 0 Å². The van der Waals surface area contributed by atoms with Crippen LogP contribution >= 0.6 is 0 Å². The summed E-state index contributed by atoms with van der Waals surface area (Å²) in [6.45, 7) is 5.29. The van der Waals surface area contributed by atoms with Crippen LogP contribution in [0.15, 0.2) is 0 Å². The molecule has 12 heavy (non-hydrogen) atoms. The van der Waals surface area contributed by atoms with Crippen LogP contribution in [0.1, 0.15) is 26.7 Å². The Balaban J connectivity index is 3.75. The highest BCUT2D eigenvalue weighted by atomic mass is 16.7. The molecule has 1 N–H and O–H groups in total. The van der Waals surface area contributed by atoms with Crippen LogP contribution in [0.3, 0.4) is 0 Å². The lowest BCUT2D eigenvalue weighted by molar-refractivity contribution is -0.123. The monoisotopic (exact) mass is 175 g/mol. The molecule has 0 saturated carbocycles. The number of rotatable bonds is 7. The maximum atomic E-state index is 5.16. The predicted octanol–water partition coefficient (Wildman–Crippen LogP) is 1.38. The van der Waals surface area contributed by atoms with Crippen LogP contribution in [-0.4, -0.2) is 33.1 Å². The van der Waals surface area contributed by atoms with Gasteiger partial charge in [-0.05, 0) is 19.4 Å². The van der Waals surface area contributed by atoms with E-state index in [2.05, 4.69) is 19.2 Å². The van der Waals surface area contributed by atoms with Gasteiger partial charge in [-0.25, -0.2) is 0 Å². The third kappa shape index (κ3) is 4.04. The average molecular weight is 175 g/mol. The minimum atomic E-state index is -0.124. The molecule has 0 saturated heterocycles. The fourth-order valence-corrected chi connectivity index (χ4v) is 1.19. The molecule has 0 aliphatic carbocycles. The number of nitrogens with one attached hydrogen (secondary N) is 1. The minimum Gasteiger partial charge on any atom is -0.354 e. The SMILES string of the molecule is CCCNC(CC)C(OC)OC. The topological polar surface area (TPSA) is 30.5 Å². The molecule has 0 amide bonds. The molecule has 0 aromatic rings. The quantitative estimate of drug-likeness (QED) is 0.593. The molecule has 0 aliphatic heterocycles. The van der Waals surface area contributed by atoms with Crippen molar-refractivity contribution in [1.29, 1.82) is 0 Å². The van der Waals surface area contributed by atoms with Crippen LogP contribution in [0.2, 0.25) is 0 Å². The van der Waals surface area contributed by atoms with Crippen LogP contribution < -0.4 is 5.32 Å². The van der Waals surface area contributed by atoms with E-state index in [9.17, 15) is 0 Å². The second kappa shape index (κ2) is 7.53. The first-order valence-corrected chi connectivity index (χ1v) is 4.59. The Morgan fingerprint density at radius 3 is 2.08 bits per heavy atom. The van der Waals surface area contributed by atoms with Crippen molar-refractivity contribution in [2.45, 2.75) is 39.0 Å². The van der Waals surface area contributed by atoms with Gasteiger partial charge in [0.05, 0.1) is 6.04 Å². The van der Waals surface area contributed by atoms with E-state index in [0.717, 1.165) is 19.4 Å². The molecule has 1 unspecified atom stereocenters. The molecule has 0 aliphatic rings. The van der Waals surface area contributed by atoms with Crippen molar-refractivity contribution in [3.63, 3.8) is 0 Å². The van der Waals surface area contributed by atoms with Gasteiger partial charge in [-0.3, -0.25) is 0 Å². The Morgan fingerprint density at radius 2 is 1.75 bits per heavy atom. The van der Waals surface area contributed by atoms with Crippen LogP contribution in [-0.2, 0) is 9.47 Å². The molecule has 0 aromatic carbocycles. The molecule has 0 heterocycles. The molecular formula is C9H21NO2. The van der Waals surface area contributed by atoms with Crippen molar-refractivity contribution in [3.05, 3.63) is 0 Å². The van der Waals surface area contributed by atoms with Gasteiger partial charge in [0.25, 0.3) is 0 Å². The minimum absolute atomic E-state index is 0.124. The lowest BCUT2D eigenvalue weighted by Crippen LogP contribution is -2.41. The molecule has 1 atom stereocenters. The Hall–Kier alpha value is -0.120. The zero-order valence-corrected chi connectivity index (χ0v) is 8.59. The maximum Gasteiger partial charge on any atom is 0.171 e. The Labute approximate surface area is 75.4 Å². The zero-order valence-electron chi connectivity index (χ0n) is 8.59. The molecule has 0 rings (SSSR count). The summed E-state index contributed by atoms with van der Waals surface area (Å²) in [5, 5.41) is 3.37. The summed E-state index contributed by atoms with van der Waals surface area (Å²) >= 11 is 0. The van der Waals surface area contributed by atoms with Gasteiger partial charge in [0, 0.05) is 14.2 Å². The van der Waals surface area contributed by atoms with E-state index in [1.807, 2.05) is 0 Å². The van der Waals surface area contributed by atoms with Crippen molar-refractivity contribution in [3.8, 4) is 0 Å². The Bertz CT molecular complexity index is 94.5. The van der Waals surface area contributed by atoms with Gasteiger partial charge in [-0.15, -0.1) is 0 Å². The molecule has 3 heteroatoms. The molecule has 0 spiro atoms. The van der Waals surface area contributed by atoms with Gasteiger partial charge in [-0.1, -0.05) is 13.8 Å². The highest BCUT2D eigenvalue weighted by Gasteiger charge is 2.17. The third-order valence-electron chi connectivity index (χ3n) is 1.89. The summed E-state index contributed by atoms with van der Waals surface area (Å²) < 4.78 is 10.3. The second-order valence-electron chi connectivity index (χ2n) is 2.81. The molecule has 0 bridgehead atoms. The largest absolute Gasteiger partial charge is 0.354 e. The fraction of sp³-hybridized carbons (Fsp3) is 1.00. The summed E-state index contributed by atoms with van der Waals surface area (Å²) in [4.78, 5) is 0. The zero-order chi connectivity index (χ0) is 9.40. The fourth-order valence-electron chi connectivity index (χ4n) is 1.19. The van der Waals surface area contributed by atoms with E-state index in [1.54, 1.807) is 14.2 Å². The third-order valence-corrected chi connectivity index (χ3v) is 1.89. The highest BCUT2D eigenvalue weighted by Crippen LogP contribution is 2.03. The highest BCUT2D eigenvalue weighted by molar-refractivity contribution is 4.67. The van der Waals surface area contributed by atoms with E-state index in [0.29, 0.717) is 6.04 Å². The van der Waals surface area contributed by atoms with Gasteiger partial charge in [0.2, 0.25) is 0 Å². The van der Waals surface area contributed by atoms with E-state index in [4.69, 9.17) is 9.47 Å². The van der Waals surface area contributed by atoms with Gasteiger partial charge >= 0.3 is 0 Å². The normalized spacial score (nSPS) is 13.8. The standard InChI is InChI=1S/C9H21NO2/c1-5-7-10-8(6-2)9(11-3)12-4/h8-10H,5-7H2,1-4H3. The van der Waals surface area contributed by atoms with Gasteiger partial charge in [0.1, 0.15) is 0 Å². The van der Waals surface area contributed by atoms with Crippen molar-refractivity contribution in [2.24, 2.45) is 0 Å². The van der Waals surface area contributed by atoms with Crippen molar-refractivity contribution < 1.29 is 9.47 Å². The number of methoxy groups -OCH3 is 2. The summed E-state index contributed by atoms with van der Waals surface area (Å²) in [6, 6.07) is 0.306. The van der Waals surface area contributed by atoms with Crippen molar-refractivity contribution in [2.75, 3.05) is 20.8 Å². The first-order chi connectivity index (χ1) is 5.79. The first-order valence-electron chi connectivity index (χ1n) is 4.59. The average Bonchev–Trinajstić information content (AvgIpc) is 2.12. The summed E-state index contributed by atoms with van der Waals surface area (Å²) in [5.74, 6) is 0. The lowest BCUT2D eigenvalue weighted by atomic mass is 10.2. The maximum absolute atomic E-state index is 5.16.